The molecule has 2 rings (SSSR count). The van der Waals surface area contributed by atoms with Gasteiger partial charge in [0.1, 0.15) is 0 Å². The fraction of sp³-hybridized carbons (Fsp3) is 0.882. The molecule has 1 fully saturated rings. The largest absolute Gasteiger partial charge is 0.339 e. The van der Waals surface area contributed by atoms with Gasteiger partial charge in [-0.1, -0.05) is 58.5 Å². The van der Waals surface area contributed by atoms with Gasteiger partial charge in [0.25, 0.3) is 0 Å². The van der Waals surface area contributed by atoms with E-state index in [9.17, 15) is 0 Å². The first-order valence-corrected chi connectivity index (χ1v) is 8.56. The first-order valence-electron chi connectivity index (χ1n) is 8.56. The van der Waals surface area contributed by atoms with Crippen LogP contribution in [-0.2, 0) is 6.42 Å². The molecule has 1 N–H and O–H groups in total. The zero-order chi connectivity index (χ0) is 15.3. The Morgan fingerprint density at radius 2 is 1.86 bits per heavy atom. The normalized spacial score (nSPS) is 19.4. The molecule has 21 heavy (non-hydrogen) atoms. The molecule has 120 valence electrons. The Labute approximate surface area is 129 Å². The van der Waals surface area contributed by atoms with Crippen LogP contribution in [0.4, 0.5) is 0 Å². The average Bonchev–Trinajstić information content (AvgIpc) is 2.71. The first kappa shape index (κ1) is 16.5. The Morgan fingerprint density at radius 1 is 1.19 bits per heavy atom. The van der Waals surface area contributed by atoms with Crippen molar-refractivity contribution in [3.63, 3.8) is 0 Å². The lowest BCUT2D eigenvalue weighted by molar-refractivity contribution is 0.247. The maximum absolute atomic E-state index is 5.53. The molecular formula is C17H31N3O. The Balaban J connectivity index is 2.01. The van der Waals surface area contributed by atoms with Crippen molar-refractivity contribution in [2.45, 2.75) is 84.6 Å². The SMILES string of the molecule is CCNC(Cc1nc(C2CCCCCC2)no1)C(C)(C)C. The molecule has 1 atom stereocenters. The summed E-state index contributed by atoms with van der Waals surface area (Å²) in [4.78, 5) is 4.69. The second-order valence-electron chi connectivity index (χ2n) is 7.42. The van der Waals surface area contributed by atoms with Gasteiger partial charge in [0.2, 0.25) is 5.89 Å². The lowest BCUT2D eigenvalue weighted by atomic mass is 9.84. The molecule has 1 unspecified atom stereocenters. The fourth-order valence-corrected chi connectivity index (χ4v) is 3.16. The minimum atomic E-state index is 0.187. The number of nitrogens with zero attached hydrogens (tertiary/aromatic N) is 2. The summed E-state index contributed by atoms with van der Waals surface area (Å²) in [6.07, 6.45) is 8.56. The number of nitrogens with one attached hydrogen (secondary N) is 1. The van der Waals surface area contributed by atoms with Crippen molar-refractivity contribution in [2.24, 2.45) is 5.41 Å². The minimum absolute atomic E-state index is 0.187. The molecule has 0 amide bonds. The second-order valence-corrected chi connectivity index (χ2v) is 7.42. The highest BCUT2D eigenvalue weighted by molar-refractivity contribution is 4.98. The van der Waals surface area contributed by atoms with Crippen LogP contribution in [0.25, 0.3) is 0 Å². The maximum Gasteiger partial charge on any atom is 0.228 e. The van der Waals surface area contributed by atoms with E-state index in [-0.39, 0.29) is 5.41 Å². The Morgan fingerprint density at radius 3 is 2.43 bits per heavy atom. The molecule has 0 spiro atoms. The topological polar surface area (TPSA) is 51.0 Å². The third kappa shape index (κ3) is 4.80. The number of aromatic nitrogens is 2. The van der Waals surface area contributed by atoms with E-state index in [1.807, 2.05) is 0 Å². The van der Waals surface area contributed by atoms with Crippen LogP contribution < -0.4 is 5.32 Å². The van der Waals surface area contributed by atoms with Crippen LogP contribution in [0, 0.1) is 5.41 Å². The van der Waals surface area contributed by atoms with E-state index in [2.05, 4.69) is 38.2 Å². The molecule has 1 aromatic heterocycles. The van der Waals surface area contributed by atoms with E-state index in [0.29, 0.717) is 12.0 Å². The Hall–Kier alpha value is -0.900. The van der Waals surface area contributed by atoms with Crippen molar-refractivity contribution in [3.8, 4) is 0 Å². The highest BCUT2D eigenvalue weighted by Gasteiger charge is 2.27. The van der Waals surface area contributed by atoms with Gasteiger partial charge in [-0.2, -0.15) is 4.98 Å². The molecule has 0 radical (unpaired) electrons. The zero-order valence-electron chi connectivity index (χ0n) is 14.1. The molecule has 1 heterocycles. The van der Waals surface area contributed by atoms with Crippen molar-refractivity contribution < 1.29 is 4.52 Å². The van der Waals surface area contributed by atoms with Gasteiger partial charge in [0, 0.05) is 18.4 Å². The highest BCUT2D eigenvalue weighted by atomic mass is 16.5. The molecule has 1 saturated carbocycles. The molecular weight excluding hydrogens is 262 g/mol. The van der Waals surface area contributed by atoms with E-state index >= 15 is 0 Å². The van der Waals surface area contributed by atoms with Crippen molar-refractivity contribution in [1.82, 2.24) is 15.5 Å². The van der Waals surface area contributed by atoms with Crippen molar-refractivity contribution >= 4 is 0 Å². The molecule has 0 saturated heterocycles. The van der Waals surface area contributed by atoms with Gasteiger partial charge in [-0.25, -0.2) is 0 Å². The molecule has 1 aliphatic rings. The predicted molar refractivity (Wildman–Crippen MR) is 85.4 cm³/mol. The molecule has 0 bridgehead atoms. The van der Waals surface area contributed by atoms with Crippen LogP contribution in [0.3, 0.4) is 0 Å². The number of hydrogen-bond acceptors (Lipinski definition) is 4. The maximum atomic E-state index is 5.53. The summed E-state index contributed by atoms with van der Waals surface area (Å²) in [6.45, 7) is 9.86. The summed E-state index contributed by atoms with van der Waals surface area (Å²) in [6, 6.07) is 0.366. The van der Waals surface area contributed by atoms with Gasteiger partial charge >= 0.3 is 0 Å². The molecule has 0 aromatic carbocycles. The summed E-state index contributed by atoms with van der Waals surface area (Å²) in [5.41, 5.74) is 0.187. The number of likely N-dealkylation sites (N-methyl/N-ethyl adjacent to an activating group) is 1. The smallest absolute Gasteiger partial charge is 0.228 e. The van der Waals surface area contributed by atoms with Crippen LogP contribution >= 0.6 is 0 Å². The van der Waals surface area contributed by atoms with Gasteiger partial charge in [0.05, 0.1) is 0 Å². The predicted octanol–water partition coefficient (Wildman–Crippen LogP) is 4.07. The van der Waals surface area contributed by atoms with E-state index in [1.165, 1.54) is 38.5 Å². The molecule has 1 aliphatic carbocycles. The fourth-order valence-electron chi connectivity index (χ4n) is 3.16. The molecule has 4 heteroatoms. The average molecular weight is 293 g/mol. The second kappa shape index (κ2) is 7.39. The van der Waals surface area contributed by atoms with Gasteiger partial charge in [0.15, 0.2) is 5.82 Å². The summed E-state index contributed by atoms with van der Waals surface area (Å²) >= 11 is 0. The van der Waals surface area contributed by atoms with Crippen LogP contribution in [0.5, 0.6) is 0 Å². The van der Waals surface area contributed by atoms with Crippen molar-refractivity contribution in [1.29, 1.82) is 0 Å². The summed E-state index contributed by atoms with van der Waals surface area (Å²) in [5, 5.41) is 7.80. The monoisotopic (exact) mass is 293 g/mol. The van der Waals surface area contributed by atoms with Crippen LogP contribution in [0.2, 0.25) is 0 Å². The van der Waals surface area contributed by atoms with Crippen molar-refractivity contribution in [3.05, 3.63) is 11.7 Å². The lowest BCUT2D eigenvalue weighted by Crippen LogP contribution is -2.41. The van der Waals surface area contributed by atoms with E-state index in [0.717, 1.165) is 24.7 Å². The van der Waals surface area contributed by atoms with E-state index in [1.54, 1.807) is 0 Å². The van der Waals surface area contributed by atoms with Gasteiger partial charge in [-0.05, 0) is 24.8 Å². The van der Waals surface area contributed by atoms with Crippen molar-refractivity contribution in [2.75, 3.05) is 6.54 Å². The third-order valence-electron chi connectivity index (χ3n) is 4.58. The van der Waals surface area contributed by atoms with Gasteiger partial charge in [-0.15, -0.1) is 0 Å². The summed E-state index contributed by atoms with van der Waals surface area (Å²) in [7, 11) is 0. The Bertz CT molecular complexity index is 414. The zero-order valence-corrected chi connectivity index (χ0v) is 14.1. The van der Waals surface area contributed by atoms with Crippen LogP contribution in [0.1, 0.15) is 83.9 Å². The van der Waals surface area contributed by atoms with E-state index in [4.69, 9.17) is 9.51 Å². The molecule has 4 nitrogen and oxygen atoms in total. The summed E-state index contributed by atoms with van der Waals surface area (Å²) < 4.78 is 5.53. The third-order valence-corrected chi connectivity index (χ3v) is 4.58. The highest BCUT2D eigenvalue weighted by Crippen LogP contribution is 2.30. The van der Waals surface area contributed by atoms with Crippen LogP contribution in [-0.4, -0.2) is 22.7 Å². The van der Waals surface area contributed by atoms with Gasteiger partial charge < -0.3 is 9.84 Å². The van der Waals surface area contributed by atoms with E-state index < -0.39 is 0 Å². The number of hydrogen-bond donors (Lipinski definition) is 1. The first-order chi connectivity index (χ1) is 10.0. The van der Waals surface area contributed by atoms with Crippen LogP contribution in [0.15, 0.2) is 4.52 Å². The summed E-state index contributed by atoms with van der Waals surface area (Å²) in [5.74, 6) is 2.24. The quantitative estimate of drug-likeness (QED) is 0.831. The Kier molecular flexibility index (Phi) is 5.80. The van der Waals surface area contributed by atoms with Gasteiger partial charge in [-0.3, -0.25) is 0 Å². The number of rotatable bonds is 5. The standard InChI is InChI=1S/C17H31N3O/c1-5-18-14(17(2,3)4)12-15-19-16(20-21-15)13-10-8-6-7-9-11-13/h13-14,18H,5-12H2,1-4H3. The minimum Gasteiger partial charge on any atom is -0.339 e. The molecule has 0 aliphatic heterocycles. The molecule has 1 aromatic rings. The lowest BCUT2D eigenvalue weighted by Gasteiger charge is -2.30.